The van der Waals surface area contributed by atoms with Crippen molar-refractivity contribution in [2.24, 2.45) is 0 Å². The maximum Gasteiger partial charge on any atom is 0.145 e. The van der Waals surface area contributed by atoms with Gasteiger partial charge in [-0.2, -0.15) is 0 Å². The highest BCUT2D eigenvalue weighted by atomic mass is 16.5. The molecule has 2 heterocycles. The van der Waals surface area contributed by atoms with Crippen molar-refractivity contribution in [3.05, 3.63) is 60.8 Å². The molecule has 0 saturated carbocycles. The SMILES string of the molecule is CCCC=CCOc1cncc(-c2[c]cc(OC=C(C)C)cn2)c1. The van der Waals surface area contributed by atoms with Crippen molar-refractivity contribution < 1.29 is 9.47 Å². The predicted molar refractivity (Wildman–Crippen MR) is 95.9 cm³/mol. The molecule has 0 aliphatic heterocycles. The van der Waals surface area contributed by atoms with Gasteiger partial charge in [0.25, 0.3) is 0 Å². The van der Waals surface area contributed by atoms with Gasteiger partial charge in [-0.05, 0) is 38.0 Å². The van der Waals surface area contributed by atoms with E-state index >= 15 is 0 Å². The number of ether oxygens (including phenoxy) is 2. The molecule has 125 valence electrons. The zero-order chi connectivity index (χ0) is 17.2. The van der Waals surface area contributed by atoms with E-state index in [1.54, 1.807) is 30.9 Å². The molecule has 24 heavy (non-hydrogen) atoms. The summed E-state index contributed by atoms with van der Waals surface area (Å²) in [6, 6.07) is 6.79. The summed E-state index contributed by atoms with van der Waals surface area (Å²) in [7, 11) is 0. The first-order valence-corrected chi connectivity index (χ1v) is 8.10. The van der Waals surface area contributed by atoms with Crippen molar-refractivity contribution in [1.29, 1.82) is 0 Å². The fourth-order valence-corrected chi connectivity index (χ4v) is 1.87. The molecule has 0 fully saturated rings. The van der Waals surface area contributed by atoms with Gasteiger partial charge in [-0.25, -0.2) is 0 Å². The van der Waals surface area contributed by atoms with Gasteiger partial charge in [0.1, 0.15) is 18.1 Å². The first-order chi connectivity index (χ1) is 11.7. The van der Waals surface area contributed by atoms with Gasteiger partial charge < -0.3 is 9.47 Å². The molecule has 2 rings (SSSR count). The third-order valence-electron chi connectivity index (χ3n) is 3.06. The Bertz CT molecular complexity index is 687. The smallest absolute Gasteiger partial charge is 0.145 e. The second kappa shape index (κ2) is 9.50. The fraction of sp³-hybridized carbons (Fsp3) is 0.300. The average Bonchev–Trinajstić information content (AvgIpc) is 2.60. The lowest BCUT2D eigenvalue weighted by Crippen LogP contribution is -1.95. The minimum Gasteiger partial charge on any atom is -0.488 e. The number of allylic oxidation sites excluding steroid dienone is 2. The number of unbranched alkanes of at least 4 members (excludes halogenated alkanes) is 1. The highest BCUT2D eigenvalue weighted by molar-refractivity contribution is 5.59. The number of hydrogen-bond acceptors (Lipinski definition) is 4. The molecule has 4 nitrogen and oxygen atoms in total. The lowest BCUT2D eigenvalue weighted by atomic mass is 10.2. The lowest BCUT2D eigenvalue weighted by molar-refractivity contribution is 0.361. The van der Waals surface area contributed by atoms with Gasteiger partial charge in [-0.1, -0.05) is 25.5 Å². The van der Waals surface area contributed by atoms with Crippen molar-refractivity contribution in [3.63, 3.8) is 0 Å². The Morgan fingerprint density at radius 3 is 2.75 bits per heavy atom. The molecule has 0 unspecified atom stereocenters. The molecule has 0 aromatic carbocycles. The summed E-state index contributed by atoms with van der Waals surface area (Å²) in [4.78, 5) is 8.58. The molecule has 0 aliphatic carbocycles. The van der Waals surface area contributed by atoms with Crippen LogP contribution in [-0.2, 0) is 0 Å². The van der Waals surface area contributed by atoms with Crippen LogP contribution in [0.1, 0.15) is 33.6 Å². The van der Waals surface area contributed by atoms with Crippen LogP contribution in [0.3, 0.4) is 0 Å². The maximum atomic E-state index is 5.68. The molecule has 0 bridgehead atoms. The molecule has 1 radical (unpaired) electrons. The van der Waals surface area contributed by atoms with E-state index in [0.717, 1.165) is 24.0 Å². The van der Waals surface area contributed by atoms with Gasteiger partial charge in [-0.3, -0.25) is 9.97 Å². The summed E-state index contributed by atoms with van der Waals surface area (Å²) >= 11 is 0. The zero-order valence-corrected chi connectivity index (χ0v) is 14.5. The topological polar surface area (TPSA) is 44.2 Å². The molecule has 2 aromatic rings. The number of aromatic nitrogens is 2. The Morgan fingerprint density at radius 1 is 1.17 bits per heavy atom. The van der Waals surface area contributed by atoms with Crippen molar-refractivity contribution in [2.45, 2.75) is 33.6 Å². The first-order valence-electron chi connectivity index (χ1n) is 8.10. The van der Waals surface area contributed by atoms with Crippen molar-refractivity contribution >= 4 is 0 Å². The van der Waals surface area contributed by atoms with E-state index in [2.05, 4.69) is 29.0 Å². The lowest BCUT2D eigenvalue weighted by Gasteiger charge is -2.06. The molecule has 0 spiro atoms. The van der Waals surface area contributed by atoms with E-state index in [9.17, 15) is 0 Å². The largest absolute Gasteiger partial charge is 0.488 e. The molecule has 4 heteroatoms. The summed E-state index contributed by atoms with van der Waals surface area (Å²) in [5, 5.41) is 0. The molecule has 0 N–H and O–H groups in total. The standard InChI is InChI=1S/C20H23N2O2/c1-4-5-6-7-10-23-19-11-17(12-21-13-19)20-9-8-18(14-22-20)24-15-16(2)3/h6-8,11-15H,4-5,10H2,1-3H3. The van der Waals surface area contributed by atoms with Crippen molar-refractivity contribution in [1.82, 2.24) is 9.97 Å². The fourth-order valence-electron chi connectivity index (χ4n) is 1.87. The predicted octanol–water partition coefficient (Wildman–Crippen LogP) is 4.98. The highest BCUT2D eigenvalue weighted by Crippen LogP contribution is 2.22. The van der Waals surface area contributed by atoms with Gasteiger partial charge in [0, 0.05) is 17.8 Å². The number of rotatable bonds is 8. The van der Waals surface area contributed by atoms with Crippen LogP contribution in [0.2, 0.25) is 0 Å². The van der Waals surface area contributed by atoms with Gasteiger partial charge in [0.2, 0.25) is 0 Å². The van der Waals surface area contributed by atoms with Crippen LogP contribution in [0.15, 0.2) is 54.7 Å². The number of nitrogens with zero attached hydrogens (tertiary/aromatic N) is 2. The van der Waals surface area contributed by atoms with Crippen LogP contribution >= 0.6 is 0 Å². The van der Waals surface area contributed by atoms with Gasteiger partial charge in [0.05, 0.1) is 24.3 Å². The molecular formula is C20H23N2O2. The minimum absolute atomic E-state index is 0.539. The molecule has 0 amide bonds. The summed E-state index contributed by atoms with van der Waals surface area (Å²) in [5.41, 5.74) is 2.65. The van der Waals surface area contributed by atoms with Crippen LogP contribution in [0.5, 0.6) is 11.5 Å². The average molecular weight is 323 g/mol. The number of pyridine rings is 2. The Morgan fingerprint density at radius 2 is 2.04 bits per heavy atom. The van der Waals surface area contributed by atoms with Crippen LogP contribution in [-0.4, -0.2) is 16.6 Å². The highest BCUT2D eigenvalue weighted by Gasteiger charge is 2.03. The van der Waals surface area contributed by atoms with E-state index in [1.807, 2.05) is 26.0 Å². The quantitative estimate of drug-likeness (QED) is 0.507. The Labute approximate surface area is 143 Å². The van der Waals surface area contributed by atoms with E-state index in [0.29, 0.717) is 23.8 Å². The second-order valence-electron chi connectivity index (χ2n) is 5.59. The first kappa shape index (κ1) is 17.7. The van der Waals surface area contributed by atoms with Gasteiger partial charge in [-0.15, -0.1) is 0 Å². The molecule has 0 saturated heterocycles. The van der Waals surface area contributed by atoms with Crippen LogP contribution in [0, 0.1) is 6.07 Å². The zero-order valence-electron chi connectivity index (χ0n) is 14.5. The molecule has 0 aliphatic rings. The van der Waals surface area contributed by atoms with E-state index < -0.39 is 0 Å². The minimum atomic E-state index is 0.539. The van der Waals surface area contributed by atoms with E-state index in [-0.39, 0.29) is 0 Å². The normalized spacial score (nSPS) is 10.6. The summed E-state index contributed by atoms with van der Waals surface area (Å²) in [6.07, 6.45) is 13.2. The second-order valence-corrected chi connectivity index (χ2v) is 5.59. The van der Waals surface area contributed by atoms with Crippen molar-refractivity contribution in [2.75, 3.05) is 6.61 Å². The Kier molecular flexibility index (Phi) is 7.02. The van der Waals surface area contributed by atoms with Gasteiger partial charge >= 0.3 is 0 Å². The Hall–Kier alpha value is -2.62. The van der Waals surface area contributed by atoms with Crippen molar-refractivity contribution in [3.8, 4) is 22.8 Å². The summed E-state index contributed by atoms with van der Waals surface area (Å²) in [5.74, 6) is 1.37. The van der Waals surface area contributed by atoms with Crippen LogP contribution < -0.4 is 9.47 Å². The third kappa shape index (κ3) is 5.88. The van der Waals surface area contributed by atoms with Gasteiger partial charge in [0.15, 0.2) is 0 Å². The maximum absolute atomic E-state index is 5.68. The molecular weight excluding hydrogens is 300 g/mol. The van der Waals surface area contributed by atoms with E-state index in [1.165, 1.54) is 0 Å². The van der Waals surface area contributed by atoms with E-state index in [4.69, 9.17) is 9.47 Å². The summed E-state index contributed by atoms with van der Waals surface area (Å²) < 4.78 is 11.1. The molecule has 2 aromatic heterocycles. The summed E-state index contributed by atoms with van der Waals surface area (Å²) in [6.45, 7) is 6.64. The monoisotopic (exact) mass is 323 g/mol. The molecule has 0 atom stereocenters. The number of hydrogen-bond donors (Lipinski definition) is 0. The van der Waals surface area contributed by atoms with Crippen LogP contribution in [0.25, 0.3) is 11.3 Å². The Balaban J connectivity index is 2.01. The van der Waals surface area contributed by atoms with Crippen LogP contribution in [0.4, 0.5) is 0 Å². The third-order valence-corrected chi connectivity index (χ3v) is 3.06.